The summed E-state index contributed by atoms with van der Waals surface area (Å²) in [6, 6.07) is 0. The highest BCUT2D eigenvalue weighted by molar-refractivity contribution is 7.80. The maximum absolute atomic E-state index is 11.6. The van der Waals surface area contributed by atoms with Crippen LogP contribution in [0.3, 0.4) is 0 Å². The summed E-state index contributed by atoms with van der Waals surface area (Å²) < 4.78 is 10.0. The van der Waals surface area contributed by atoms with Gasteiger partial charge in [-0.2, -0.15) is 0 Å². The van der Waals surface area contributed by atoms with Crippen molar-refractivity contribution in [1.82, 2.24) is 9.97 Å². The van der Waals surface area contributed by atoms with Gasteiger partial charge in [0.15, 0.2) is 5.69 Å². The third kappa shape index (κ3) is 2.79. The van der Waals surface area contributed by atoms with Crippen LogP contribution in [0.1, 0.15) is 35.9 Å². The van der Waals surface area contributed by atoms with E-state index >= 15 is 0 Å². The van der Waals surface area contributed by atoms with Crippen LogP contribution in [0.25, 0.3) is 0 Å². The number of aromatic amines is 1. The molecule has 1 aromatic heterocycles. The fraction of sp³-hybridized carbons (Fsp3) is 0.500. The quantitative estimate of drug-likeness (QED) is 0.642. The Hall–Kier alpha value is -1.43. The number of carbonyl (C=O) groups is 1. The molecule has 0 unspecified atom stereocenters. The minimum Gasteiger partial charge on any atom is -0.482 e. The van der Waals surface area contributed by atoms with E-state index in [0.29, 0.717) is 24.7 Å². The Bertz CT molecular complexity index is 365. The number of nitrogens with one attached hydrogen (secondary N) is 1. The van der Waals surface area contributed by atoms with Gasteiger partial charge >= 0.3 is 5.97 Å². The predicted molar refractivity (Wildman–Crippen MR) is 62.6 cm³/mol. The summed E-state index contributed by atoms with van der Waals surface area (Å²) in [5.74, 6) is 0.101. The predicted octanol–water partition coefficient (Wildman–Crippen LogP) is 1.61. The molecule has 0 amide bonds. The van der Waals surface area contributed by atoms with Crippen LogP contribution in [0, 0.1) is 6.92 Å². The lowest BCUT2D eigenvalue weighted by molar-refractivity contribution is 0.0519. The van der Waals surface area contributed by atoms with E-state index in [1.54, 1.807) is 13.8 Å². The first-order chi connectivity index (χ1) is 7.60. The molecule has 0 bridgehead atoms. The van der Waals surface area contributed by atoms with Crippen LogP contribution in [0.2, 0.25) is 0 Å². The van der Waals surface area contributed by atoms with Gasteiger partial charge in [0.25, 0.3) is 0 Å². The van der Waals surface area contributed by atoms with Gasteiger partial charge in [-0.05, 0) is 33.0 Å². The third-order valence-corrected chi connectivity index (χ3v) is 2.09. The van der Waals surface area contributed by atoms with Crippen LogP contribution in [0.15, 0.2) is 0 Å². The molecule has 0 radical (unpaired) electrons. The number of ether oxygens (including phenoxy) is 2. The molecule has 0 aliphatic carbocycles. The fourth-order valence-corrected chi connectivity index (χ4v) is 1.46. The molecule has 5 nitrogen and oxygen atoms in total. The van der Waals surface area contributed by atoms with Crippen LogP contribution in [-0.2, 0) is 9.47 Å². The normalized spacial score (nSPS) is 9.94. The van der Waals surface area contributed by atoms with E-state index in [4.69, 9.17) is 21.7 Å². The molecule has 88 valence electrons. The zero-order valence-electron chi connectivity index (χ0n) is 9.49. The third-order valence-electron chi connectivity index (χ3n) is 1.77. The van der Waals surface area contributed by atoms with Crippen molar-refractivity contribution < 1.29 is 14.3 Å². The number of imidazole rings is 1. The number of aryl methyl sites for hydroxylation is 1. The molecule has 0 spiro atoms. The molecule has 0 fully saturated rings. The number of hydrogen-bond donors (Lipinski definition) is 1. The smallest absolute Gasteiger partial charge is 0.359 e. The lowest BCUT2D eigenvalue weighted by atomic mass is 10.3. The van der Waals surface area contributed by atoms with Gasteiger partial charge < -0.3 is 14.5 Å². The van der Waals surface area contributed by atoms with E-state index < -0.39 is 5.97 Å². The first-order valence-electron chi connectivity index (χ1n) is 5.01. The van der Waals surface area contributed by atoms with E-state index in [1.165, 1.54) is 0 Å². The SMILES string of the molecule is CCOC(=O)c1nc(C)[nH]c1C(=S)OCC. The molecule has 1 aromatic rings. The van der Waals surface area contributed by atoms with Crippen LogP contribution in [0.5, 0.6) is 0 Å². The second-order valence-corrected chi connectivity index (χ2v) is 3.36. The van der Waals surface area contributed by atoms with Crippen LogP contribution >= 0.6 is 12.2 Å². The van der Waals surface area contributed by atoms with Crippen LogP contribution in [0.4, 0.5) is 0 Å². The van der Waals surface area contributed by atoms with E-state index in [-0.39, 0.29) is 10.7 Å². The molecule has 1 N–H and O–H groups in total. The molecule has 1 heterocycles. The number of esters is 1. The monoisotopic (exact) mass is 242 g/mol. The average molecular weight is 242 g/mol. The first-order valence-corrected chi connectivity index (χ1v) is 5.41. The summed E-state index contributed by atoms with van der Waals surface area (Å²) in [7, 11) is 0. The summed E-state index contributed by atoms with van der Waals surface area (Å²) in [4.78, 5) is 18.5. The minimum atomic E-state index is -0.496. The Morgan fingerprint density at radius 1 is 1.38 bits per heavy atom. The van der Waals surface area contributed by atoms with Gasteiger partial charge in [-0.1, -0.05) is 0 Å². The fourth-order valence-electron chi connectivity index (χ4n) is 1.19. The van der Waals surface area contributed by atoms with Crippen molar-refractivity contribution in [3.63, 3.8) is 0 Å². The summed E-state index contributed by atoms with van der Waals surface area (Å²) in [5, 5.41) is 0.228. The van der Waals surface area contributed by atoms with Gasteiger partial charge in [0.05, 0.1) is 13.2 Å². The Morgan fingerprint density at radius 2 is 2.00 bits per heavy atom. The van der Waals surface area contributed by atoms with Crippen molar-refractivity contribution in [3.05, 3.63) is 17.2 Å². The van der Waals surface area contributed by atoms with Crippen molar-refractivity contribution in [1.29, 1.82) is 0 Å². The number of carbonyl (C=O) groups excluding carboxylic acids is 1. The molecular formula is C10H14N2O3S. The Balaban J connectivity index is 2.99. The number of nitrogens with zero attached hydrogens (tertiary/aromatic N) is 1. The van der Waals surface area contributed by atoms with Gasteiger partial charge in [0.1, 0.15) is 11.5 Å². The van der Waals surface area contributed by atoms with Gasteiger partial charge in [0.2, 0.25) is 5.05 Å². The van der Waals surface area contributed by atoms with Crippen molar-refractivity contribution in [2.45, 2.75) is 20.8 Å². The maximum atomic E-state index is 11.6. The highest BCUT2D eigenvalue weighted by Gasteiger charge is 2.21. The van der Waals surface area contributed by atoms with E-state index in [2.05, 4.69) is 9.97 Å². The number of hydrogen-bond acceptors (Lipinski definition) is 5. The molecule has 6 heteroatoms. The standard InChI is InChI=1S/C10H14N2O3S/c1-4-14-9(13)7-8(10(16)15-5-2)12-6(3)11-7/h4-5H2,1-3H3,(H,11,12). The summed E-state index contributed by atoms with van der Waals surface area (Å²) in [6.45, 7) is 6.03. The number of rotatable bonds is 4. The highest BCUT2D eigenvalue weighted by atomic mass is 32.1. The molecule has 0 atom stereocenters. The van der Waals surface area contributed by atoms with Gasteiger partial charge in [-0.15, -0.1) is 0 Å². The number of aromatic nitrogens is 2. The van der Waals surface area contributed by atoms with Gasteiger partial charge in [0, 0.05) is 0 Å². The van der Waals surface area contributed by atoms with E-state index in [9.17, 15) is 4.79 Å². The topological polar surface area (TPSA) is 64.2 Å². The minimum absolute atomic E-state index is 0.179. The van der Waals surface area contributed by atoms with Crippen LogP contribution in [-0.4, -0.2) is 34.2 Å². The lowest BCUT2D eigenvalue weighted by Gasteiger charge is -2.04. The Kier molecular flexibility index (Phi) is 4.42. The van der Waals surface area contributed by atoms with Crippen LogP contribution < -0.4 is 0 Å². The second kappa shape index (κ2) is 5.60. The molecule has 1 rings (SSSR count). The van der Waals surface area contributed by atoms with Gasteiger partial charge in [-0.3, -0.25) is 0 Å². The molecule has 0 aromatic carbocycles. The summed E-state index contributed by atoms with van der Waals surface area (Å²) in [6.07, 6.45) is 0. The maximum Gasteiger partial charge on any atom is 0.359 e. The first kappa shape index (κ1) is 12.6. The molecule has 16 heavy (non-hydrogen) atoms. The molecular weight excluding hydrogens is 228 g/mol. The highest BCUT2D eigenvalue weighted by Crippen LogP contribution is 2.10. The molecule has 0 saturated heterocycles. The summed E-state index contributed by atoms with van der Waals surface area (Å²) in [5.41, 5.74) is 0.589. The largest absolute Gasteiger partial charge is 0.482 e. The zero-order valence-corrected chi connectivity index (χ0v) is 10.3. The number of H-pyrrole nitrogens is 1. The van der Waals surface area contributed by atoms with Crippen molar-refractivity contribution in [2.24, 2.45) is 0 Å². The van der Waals surface area contributed by atoms with E-state index in [1.807, 2.05) is 6.92 Å². The Morgan fingerprint density at radius 3 is 2.56 bits per heavy atom. The zero-order chi connectivity index (χ0) is 12.1. The second-order valence-electron chi connectivity index (χ2n) is 2.99. The average Bonchev–Trinajstić information content (AvgIpc) is 2.61. The molecule has 0 aliphatic rings. The lowest BCUT2D eigenvalue weighted by Crippen LogP contribution is -2.13. The summed E-state index contributed by atoms with van der Waals surface area (Å²) >= 11 is 5.02. The molecule has 0 saturated carbocycles. The van der Waals surface area contributed by atoms with E-state index in [0.717, 1.165) is 0 Å². The molecule has 0 aliphatic heterocycles. The van der Waals surface area contributed by atoms with Crippen molar-refractivity contribution >= 4 is 23.2 Å². The van der Waals surface area contributed by atoms with Crippen molar-refractivity contribution in [3.8, 4) is 0 Å². The number of thiocarbonyl (C=S) groups is 1. The Labute approximate surface area is 99.2 Å². The van der Waals surface area contributed by atoms with Crippen molar-refractivity contribution in [2.75, 3.05) is 13.2 Å². The van der Waals surface area contributed by atoms with Gasteiger partial charge in [-0.25, -0.2) is 9.78 Å².